The van der Waals surface area contributed by atoms with Gasteiger partial charge in [-0.3, -0.25) is 4.79 Å². The summed E-state index contributed by atoms with van der Waals surface area (Å²) in [6.07, 6.45) is 0. The molecule has 3 rings (SSSR count). The fraction of sp³-hybridized carbons (Fsp3) is 0.105. The molecule has 1 N–H and O–H groups in total. The monoisotopic (exact) mass is 323 g/mol. The van der Waals surface area contributed by atoms with Gasteiger partial charge in [-0.05, 0) is 47.2 Å². The summed E-state index contributed by atoms with van der Waals surface area (Å²) in [7, 11) is 1.62. The predicted molar refractivity (Wildman–Crippen MR) is 96.3 cm³/mol. The van der Waals surface area contributed by atoms with Crippen molar-refractivity contribution >= 4 is 34.1 Å². The van der Waals surface area contributed by atoms with Crippen molar-refractivity contribution in [3.8, 4) is 5.75 Å². The van der Waals surface area contributed by atoms with Crippen LogP contribution in [0.2, 0.25) is 0 Å². The highest BCUT2D eigenvalue weighted by molar-refractivity contribution is 8.00. The lowest BCUT2D eigenvalue weighted by molar-refractivity contribution is -0.113. The molecule has 0 radical (unpaired) electrons. The molecular formula is C19H17NO2S. The standard InChI is InChI=1S/C19H17NO2S/c1-22-17-9-7-16(8-10-17)20-19(21)13-23-18-11-6-14-4-2-3-5-15(14)12-18/h2-12H,13H2,1H3,(H,20,21). The first-order valence-corrected chi connectivity index (χ1v) is 8.29. The van der Waals surface area contributed by atoms with Crippen molar-refractivity contribution in [1.82, 2.24) is 0 Å². The summed E-state index contributed by atoms with van der Waals surface area (Å²) in [6.45, 7) is 0. The van der Waals surface area contributed by atoms with Crippen LogP contribution in [0.1, 0.15) is 0 Å². The lowest BCUT2D eigenvalue weighted by Crippen LogP contribution is -2.13. The summed E-state index contributed by atoms with van der Waals surface area (Å²) in [5.41, 5.74) is 0.773. The number of fused-ring (bicyclic) bond motifs is 1. The van der Waals surface area contributed by atoms with Crippen LogP contribution in [0.25, 0.3) is 10.8 Å². The van der Waals surface area contributed by atoms with E-state index in [-0.39, 0.29) is 5.91 Å². The van der Waals surface area contributed by atoms with Crippen LogP contribution in [0.3, 0.4) is 0 Å². The van der Waals surface area contributed by atoms with Gasteiger partial charge in [-0.15, -0.1) is 11.8 Å². The number of carbonyl (C=O) groups excluding carboxylic acids is 1. The van der Waals surface area contributed by atoms with Crippen LogP contribution in [0, 0.1) is 0 Å². The Hall–Kier alpha value is -2.46. The number of methoxy groups -OCH3 is 1. The molecule has 1 amide bonds. The highest BCUT2D eigenvalue weighted by Gasteiger charge is 2.05. The molecule has 116 valence electrons. The Kier molecular flexibility index (Phi) is 4.83. The Balaban J connectivity index is 1.58. The Bertz CT molecular complexity index is 815. The molecule has 0 saturated heterocycles. The molecule has 0 fully saturated rings. The van der Waals surface area contributed by atoms with E-state index in [0.717, 1.165) is 16.3 Å². The minimum absolute atomic E-state index is 0.0201. The van der Waals surface area contributed by atoms with Crippen LogP contribution in [-0.4, -0.2) is 18.8 Å². The smallest absolute Gasteiger partial charge is 0.234 e. The molecule has 0 atom stereocenters. The molecule has 3 nitrogen and oxygen atoms in total. The average molecular weight is 323 g/mol. The summed E-state index contributed by atoms with van der Waals surface area (Å²) in [6, 6.07) is 21.8. The van der Waals surface area contributed by atoms with E-state index in [2.05, 4.69) is 29.6 Å². The van der Waals surface area contributed by atoms with Gasteiger partial charge in [0.1, 0.15) is 5.75 Å². The number of carbonyl (C=O) groups is 1. The van der Waals surface area contributed by atoms with E-state index in [1.165, 1.54) is 22.5 Å². The summed E-state index contributed by atoms with van der Waals surface area (Å²) in [5.74, 6) is 1.13. The van der Waals surface area contributed by atoms with E-state index in [4.69, 9.17) is 4.74 Å². The lowest BCUT2D eigenvalue weighted by atomic mass is 10.1. The van der Waals surface area contributed by atoms with E-state index >= 15 is 0 Å². The molecule has 3 aromatic carbocycles. The van der Waals surface area contributed by atoms with Crippen LogP contribution < -0.4 is 10.1 Å². The molecule has 23 heavy (non-hydrogen) atoms. The second kappa shape index (κ2) is 7.20. The molecular weight excluding hydrogens is 306 g/mol. The van der Waals surface area contributed by atoms with E-state index in [9.17, 15) is 4.79 Å². The van der Waals surface area contributed by atoms with Gasteiger partial charge in [0.2, 0.25) is 5.91 Å². The quantitative estimate of drug-likeness (QED) is 0.699. The third-order valence-electron chi connectivity index (χ3n) is 3.46. The van der Waals surface area contributed by atoms with Gasteiger partial charge < -0.3 is 10.1 Å². The second-order valence-electron chi connectivity index (χ2n) is 5.07. The number of benzene rings is 3. The maximum atomic E-state index is 12.0. The molecule has 3 aromatic rings. The van der Waals surface area contributed by atoms with Gasteiger partial charge in [-0.2, -0.15) is 0 Å². The Morgan fingerprint density at radius 3 is 2.48 bits per heavy atom. The van der Waals surface area contributed by atoms with Crippen LogP contribution in [0.4, 0.5) is 5.69 Å². The summed E-state index contributed by atoms with van der Waals surface area (Å²) >= 11 is 1.53. The largest absolute Gasteiger partial charge is 0.497 e. The molecule has 4 heteroatoms. The molecule has 0 spiro atoms. The number of thioether (sulfide) groups is 1. The highest BCUT2D eigenvalue weighted by atomic mass is 32.2. The number of ether oxygens (including phenoxy) is 1. The zero-order chi connectivity index (χ0) is 16.1. The highest BCUT2D eigenvalue weighted by Crippen LogP contribution is 2.24. The van der Waals surface area contributed by atoms with Crippen LogP contribution >= 0.6 is 11.8 Å². The predicted octanol–water partition coefficient (Wildman–Crippen LogP) is 4.58. The number of amides is 1. The van der Waals surface area contributed by atoms with Crippen molar-refractivity contribution in [3.05, 3.63) is 66.7 Å². The van der Waals surface area contributed by atoms with E-state index in [1.807, 2.05) is 42.5 Å². The minimum atomic E-state index is -0.0201. The Morgan fingerprint density at radius 1 is 1.00 bits per heavy atom. The molecule has 0 aliphatic rings. The first-order chi connectivity index (χ1) is 11.2. The second-order valence-corrected chi connectivity index (χ2v) is 6.12. The van der Waals surface area contributed by atoms with Crippen LogP contribution in [0.15, 0.2) is 71.6 Å². The van der Waals surface area contributed by atoms with E-state index in [1.54, 1.807) is 7.11 Å². The molecule has 0 aliphatic carbocycles. The number of nitrogens with one attached hydrogen (secondary N) is 1. The molecule has 0 heterocycles. The topological polar surface area (TPSA) is 38.3 Å². The van der Waals surface area contributed by atoms with Crippen molar-refractivity contribution in [2.45, 2.75) is 4.90 Å². The van der Waals surface area contributed by atoms with Crippen molar-refractivity contribution in [2.24, 2.45) is 0 Å². The third-order valence-corrected chi connectivity index (χ3v) is 4.46. The first kappa shape index (κ1) is 15.4. The SMILES string of the molecule is COc1ccc(NC(=O)CSc2ccc3ccccc3c2)cc1. The maximum Gasteiger partial charge on any atom is 0.234 e. The molecule has 0 aliphatic heterocycles. The average Bonchev–Trinajstić information content (AvgIpc) is 2.60. The molecule has 0 bridgehead atoms. The van der Waals surface area contributed by atoms with Crippen LogP contribution in [-0.2, 0) is 4.79 Å². The zero-order valence-electron chi connectivity index (χ0n) is 12.8. The summed E-state index contributed by atoms with van der Waals surface area (Å²) < 4.78 is 5.10. The maximum absolute atomic E-state index is 12.0. The third kappa shape index (κ3) is 4.05. The first-order valence-electron chi connectivity index (χ1n) is 7.30. The number of hydrogen-bond donors (Lipinski definition) is 1. The molecule has 0 unspecified atom stereocenters. The fourth-order valence-electron chi connectivity index (χ4n) is 2.28. The Labute approximate surface area is 139 Å². The van der Waals surface area contributed by atoms with Crippen molar-refractivity contribution < 1.29 is 9.53 Å². The fourth-order valence-corrected chi connectivity index (χ4v) is 3.02. The molecule has 0 saturated carbocycles. The van der Waals surface area contributed by atoms with Gasteiger partial charge in [-0.25, -0.2) is 0 Å². The number of hydrogen-bond acceptors (Lipinski definition) is 3. The van der Waals surface area contributed by atoms with Gasteiger partial charge in [0.15, 0.2) is 0 Å². The summed E-state index contributed by atoms with van der Waals surface area (Å²) in [4.78, 5) is 13.1. The number of rotatable bonds is 5. The normalized spacial score (nSPS) is 10.5. The van der Waals surface area contributed by atoms with Gasteiger partial charge in [-0.1, -0.05) is 30.3 Å². The Morgan fingerprint density at radius 2 is 1.74 bits per heavy atom. The van der Waals surface area contributed by atoms with Crippen molar-refractivity contribution in [3.63, 3.8) is 0 Å². The summed E-state index contributed by atoms with van der Waals surface area (Å²) in [5, 5.41) is 5.28. The zero-order valence-corrected chi connectivity index (χ0v) is 13.6. The molecule has 0 aromatic heterocycles. The van der Waals surface area contributed by atoms with Gasteiger partial charge in [0, 0.05) is 10.6 Å². The van der Waals surface area contributed by atoms with Crippen molar-refractivity contribution in [1.29, 1.82) is 0 Å². The van der Waals surface area contributed by atoms with Crippen LogP contribution in [0.5, 0.6) is 5.75 Å². The minimum Gasteiger partial charge on any atom is -0.497 e. The van der Waals surface area contributed by atoms with Crippen molar-refractivity contribution in [2.75, 3.05) is 18.2 Å². The van der Waals surface area contributed by atoms with Gasteiger partial charge in [0.25, 0.3) is 0 Å². The number of anilines is 1. The van der Waals surface area contributed by atoms with Gasteiger partial charge in [0.05, 0.1) is 12.9 Å². The van der Waals surface area contributed by atoms with E-state index < -0.39 is 0 Å². The lowest BCUT2D eigenvalue weighted by Gasteiger charge is -2.07. The van der Waals surface area contributed by atoms with Gasteiger partial charge >= 0.3 is 0 Å². The van der Waals surface area contributed by atoms with E-state index in [0.29, 0.717) is 5.75 Å².